The van der Waals surface area contributed by atoms with Gasteiger partial charge < -0.3 is 10.2 Å². The Kier molecular flexibility index (Phi) is 7.37. The van der Waals surface area contributed by atoms with Gasteiger partial charge in [-0.2, -0.15) is 0 Å². The van der Waals surface area contributed by atoms with Gasteiger partial charge in [0.05, 0.1) is 13.2 Å². The fraction of sp³-hybridized carbons (Fsp3) is 0.0526. The van der Waals surface area contributed by atoms with Gasteiger partial charge in [0, 0.05) is 0 Å². The first-order valence-corrected chi connectivity index (χ1v) is 13.6. The molecule has 0 aliphatic carbocycles. The summed E-state index contributed by atoms with van der Waals surface area (Å²) in [5.74, 6) is 0. The second-order valence-electron chi connectivity index (χ2n) is 9.79. The Morgan fingerprint density at radius 3 is 1.10 bits per heavy atom. The summed E-state index contributed by atoms with van der Waals surface area (Å²) in [7, 11) is 0. The molecule has 194 valence electrons. The zero-order chi connectivity index (χ0) is 27.3. The minimum Gasteiger partial charge on any atom is -0.392 e. The maximum absolute atomic E-state index is 11.2. The van der Waals surface area contributed by atoms with Crippen molar-refractivity contribution in [3.05, 3.63) is 157 Å². The van der Waals surface area contributed by atoms with E-state index in [0.29, 0.717) is 0 Å². The number of aliphatic hydroxyl groups is 2. The van der Waals surface area contributed by atoms with Crippen LogP contribution in [0.5, 0.6) is 0 Å². The molecule has 0 bridgehead atoms. The molecule has 6 rings (SSSR count). The van der Waals surface area contributed by atoms with Gasteiger partial charge in [-0.15, -0.1) is 0 Å². The standard InChI is InChI=1S/C38H30O2/c39-25-31-23-13-14-24-32(31)38-33(26-40)34(27-15-5-1-6-16-27)35(28-17-7-2-8-18-28)36(29-19-9-3-10-20-29)37(38)30-21-11-4-12-22-30/h1-24,39-40H,25-26H2. The maximum atomic E-state index is 11.2. The molecule has 0 spiro atoms. The molecule has 2 nitrogen and oxygen atoms in total. The fourth-order valence-electron chi connectivity index (χ4n) is 5.76. The third-order valence-electron chi connectivity index (χ3n) is 7.47. The normalized spacial score (nSPS) is 10.9. The van der Waals surface area contributed by atoms with Crippen LogP contribution in [0.15, 0.2) is 146 Å². The van der Waals surface area contributed by atoms with Crippen LogP contribution in [0.25, 0.3) is 55.6 Å². The average molecular weight is 519 g/mol. The molecule has 0 aliphatic heterocycles. The molecule has 0 unspecified atom stereocenters. The van der Waals surface area contributed by atoms with Crippen molar-refractivity contribution in [2.45, 2.75) is 13.2 Å². The van der Waals surface area contributed by atoms with Crippen LogP contribution in [0.4, 0.5) is 0 Å². The zero-order valence-electron chi connectivity index (χ0n) is 22.2. The molecule has 0 heterocycles. The Labute approximate surface area is 235 Å². The van der Waals surface area contributed by atoms with Crippen molar-refractivity contribution in [2.75, 3.05) is 0 Å². The molecule has 2 N–H and O–H groups in total. The van der Waals surface area contributed by atoms with Crippen LogP contribution in [-0.2, 0) is 13.2 Å². The van der Waals surface area contributed by atoms with Crippen LogP contribution >= 0.6 is 0 Å². The molecule has 0 saturated carbocycles. The van der Waals surface area contributed by atoms with Gasteiger partial charge in [0.2, 0.25) is 0 Å². The van der Waals surface area contributed by atoms with Crippen LogP contribution in [0.1, 0.15) is 11.1 Å². The minimum absolute atomic E-state index is 0.100. The first-order chi connectivity index (χ1) is 19.8. The lowest BCUT2D eigenvalue weighted by Gasteiger charge is -2.28. The Morgan fingerprint density at radius 2 is 0.675 bits per heavy atom. The van der Waals surface area contributed by atoms with E-state index in [0.717, 1.165) is 66.8 Å². The SMILES string of the molecule is OCc1ccccc1-c1c(CO)c(-c2ccccc2)c(-c2ccccc2)c(-c2ccccc2)c1-c1ccccc1. The number of hydrogen-bond donors (Lipinski definition) is 2. The quantitative estimate of drug-likeness (QED) is 0.221. The van der Waals surface area contributed by atoms with Crippen LogP contribution < -0.4 is 0 Å². The van der Waals surface area contributed by atoms with Crippen molar-refractivity contribution >= 4 is 0 Å². The van der Waals surface area contributed by atoms with E-state index in [4.69, 9.17) is 0 Å². The molecule has 40 heavy (non-hydrogen) atoms. The molecule has 6 aromatic carbocycles. The maximum Gasteiger partial charge on any atom is 0.0694 e. The lowest BCUT2D eigenvalue weighted by molar-refractivity contribution is 0.280. The summed E-state index contributed by atoms with van der Waals surface area (Å²) in [5.41, 5.74) is 12.0. The number of aliphatic hydroxyl groups excluding tert-OH is 2. The second-order valence-corrected chi connectivity index (χ2v) is 9.79. The van der Waals surface area contributed by atoms with Gasteiger partial charge in [-0.1, -0.05) is 146 Å². The van der Waals surface area contributed by atoms with Gasteiger partial charge in [0.25, 0.3) is 0 Å². The van der Waals surface area contributed by atoms with Crippen molar-refractivity contribution in [3.63, 3.8) is 0 Å². The van der Waals surface area contributed by atoms with Gasteiger partial charge in [-0.05, 0) is 66.8 Å². The Morgan fingerprint density at radius 1 is 0.325 bits per heavy atom. The van der Waals surface area contributed by atoms with E-state index in [-0.39, 0.29) is 13.2 Å². The number of hydrogen-bond acceptors (Lipinski definition) is 2. The molecular weight excluding hydrogens is 488 g/mol. The van der Waals surface area contributed by atoms with Crippen LogP contribution in [-0.4, -0.2) is 10.2 Å². The molecule has 0 fully saturated rings. The van der Waals surface area contributed by atoms with Gasteiger partial charge in [0.1, 0.15) is 0 Å². The monoisotopic (exact) mass is 518 g/mol. The van der Waals surface area contributed by atoms with Crippen LogP contribution in [0.2, 0.25) is 0 Å². The van der Waals surface area contributed by atoms with E-state index >= 15 is 0 Å². The highest BCUT2D eigenvalue weighted by molar-refractivity contribution is 6.09. The van der Waals surface area contributed by atoms with Gasteiger partial charge in [0.15, 0.2) is 0 Å². The highest BCUT2D eigenvalue weighted by Gasteiger charge is 2.28. The highest BCUT2D eigenvalue weighted by Crippen LogP contribution is 2.53. The van der Waals surface area contributed by atoms with Gasteiger partial charge in [-0.3, -0.25) is 0 Å². The van der Waals surface area contributed by atoms with Gasteiger partial charge in [-0.25, -0.2) is 0 Å². The molecule has 0 amide bonds. The average Bonchev–Trinajstić information content (AvgIpc) is 3.05. The molecule has 0 saturated heterocycles. The van der Waals surface area contributed by atoms with E-state index in [2.05, 4.69) is 91.0 Å². The summed E-state index contributed by atoms with van der Waals surface area (Å²) >= 11 is 0. The largest absolute Gasteiger partial charge is 0.392 e. The molecule has 0 aliphatic rings. The third-order valence-corrected chi connectivity index (χ3v) is 7.47. The number of benzene rings is 6. The summed E-state index contributed by atoms with van der Waals surface area (Å²) in [6, 6.07) is 49.6. The fourth-order valence-corrected chi connectivity index (χ4v) is 5.76. The molecule has 6 aromatic rings. The van der Waals surface area contributed by atoms with E-state index in [1.165, 1.54) is 0 Å². The summed E-state index contributed by atoms with van der Waals surface area (Å²) in [4.78, 5) is 0. The molecule has 0 atom stereocenters. The summed E-state index contributed by atoms with van der Waals surface area (Å²) in [5, 5.41) is 21.7. The summed E-state index contributed by atoms with van der Waals surface area (Å²) < 4.78 is 0. The molecule has 2 heteroatoms. The lowest BCUT2D eigenvalue weighted by Crippen LogP contribution is -2.05. The Balaban J connectivity index is 1.93. The second kappa shape index (κ2) is 11.5. The first kappa shape index (κ1) is 25.5. The predicted molar refractivity (Wildman–Crippen MR) is 165 cm³/mol. The molecule has 0 radical (unpaired) electrons. The predicted octanol–water partition coefficient (Wildman–Crippen LogP) is 9.01. The van der Waals surface area contributed by atoms with Crippen molar-refractivity contribution in [2.24, 2.45) is 0 Å². The van der Waals surface area contributed by atoms with E-state index in [9.17, 15) is 10.2 Å². The number of rotatable bonds is 7. The lowest BCUT2D eigenvalue weighted by atomic mass is 9.75. The van der Waals surface area contributed by atoms with Crippen LogP contribution in [0, 0.1) is 0 Å². The van der Waals surface area contributed by atoms with Gasteiger partial charge >= 0.3 is 0 Å². The Bertz CT molecular complexity index is 1730. The van der Waals surface area contributed by atoms with E-state index in [1.54, 1.807) is 0 Å². The first-order valence-electron chi connectivity index (χ1n) is 13.6. The summed E-state index contributed by atoms with van der Waals surface area (Å²) in [6.45, 7) is -0.259. The zero-order valence-corrected chi connectivity index (χ0v) is 22.2. The topological polar surface area (TPSA) is 40.5 Å². The van der Waals surface area contributed by atoms with Crippen molar-refractivity contribution in [1.82, 2.24) is 0 Å². The van der Waals surface area contributed by atoms with Crippen molar-refractivity contribution in [1.29, 1.82) is 0 Å². The minimum atomic E-state index is -0.159. The summed E-state index contributed by atoms with van der Waals surface area (Å²) in [6.07, 6.45) is 0. The highest BCUT2D eigenvalue weighted by atomic mass is 16.3. The third kappa shape index (κ3) is 4.65. The van der Waals surface area contributed by atoms with Crippen molar-refractivity contribution in [3.8, 4) is 55.6 Å². The Hall–Kier alpha value is -4.76. The van der Waals surface area contributed by atoms with Crippen LogP contribution in [0.3, 0.4) is 0 Å². The smallest absolute Gasteiger partial charge is 0.0694 e. The van der Waals surface area contributed by atoms with Crippen molar-refractivity contribution < 1.29 is 10.2 Å². The van der Waals surface area contributed by atoms with E-state index < -0.39 is 0 Å². The molecule has 0 aromatic heterocycles. The molecular formula is C38H30O2. The van der Waals surface area contributed by atoms with E-state index in [1.807, 2.05) is 54.6 Å².